The first kappa shape index (κ1) is 42.3. The molecule has 18 nitrogen and oxygen atoms in total. The number of nitrogens with one attached hydrogen (secondary N) is 4. The highest BCUT2D eigenvalue weighted by Crippen LogP contribution is 2.40. The van der Waals surface area contributed by atoms with E-state index in [0.717, 1.165) is 49.5 Å². The summed E-state index contributed by atoms with van der Waals surface area (Å²) in [6, 6.07) is 16.7. The number of benzene rings is 3. The minimum atomic E-state index is -3.49. The number of halogens is 1. The number of amides is 4. The van der Waals surface area contributed by atoms with E-state index in [9.17, 15) is 27.6 Å². The molecule has 3 saturated heterocycles. The van der Waals surface area contributed by atoms with Crippen LogP contribution in [0.5, 0.6) is 5.75 Å². The number of H-pyrrole nitrogens is 1. The molecule has 20 heteroatoms. The second kappa shape index (κ2) is 17.1. The van der Waals surface area contributed by atoms with Crippen molar-refractivity contribution in [2.24, 2.45) is 0 Å². The van der Waals surface area contributed by atoms with E-state index >= 15 is 4.39 Å². The van der Waals surface area contributed by atoms with Gasteiger partial charge in [-0.3, -0.25) is 43.5 Å². The van der Waals surface area contributed by atoms with E-state index in [4.69, 9.17) is 9.72 Å². The predicted octanol–water partition coefficient (Wildman–Crippen LogP) is 3.97. The number of fused-ring (bicyclic) bond motifs is 3. The molecule has 7 heterocycles. The number of rotatable bonds is 12. The fourth-order valence-corrected chi connectivity index (χ4v) is 10.7. The highest BCUT2D eigenvalue weighted by molar-refractivity contribution is 7.92. The number of sulfonamides is 1. The molecule has 338 valence electrons. The molecule has 0 bridgehead atoms. The highest BCUT2D eigenvalue weighted by atomic mass is 32.2. The van der Waals surface area contributed by atoms with Crippen molar-refractivity contribution < 1.29 is 36.7 Å². The summed E-state index contributed by atoms with van der Waals surface area (Å²) in [6.07, 6.45) is 5.50. The van der Waals surface area contributed by atoms with Crippen molar-refractivity contribution in [2.75, 3.05) is 85.1 Å². The molecule has 3 fully saturated rings. The SMILES string of the molecule is CS(=O)(=O)N1CCc2cccc(Nc3nc(Nc4ccc(N5CCC(N6CCN(CCOc7cccc8c7C(=O)N(C7CCC(=O)NC7=O)C8=O)CC6)CC5)c(F)c4)nc4[nH]ccc34)c21. The summed E-state index contributed by atoms with van der Waals surface area (Å²) in [4.78, 5) is 71.1. The minimum absolute atomic E-state index is 0.0522. The molecule has 3 aromatic carbocycles. The molecule has 2 aromatic heterocycles. The monoisotopic (exact) mass is 905 g/mol. The van der Waals surface area contributed by atoms with Gasteiger partial charge in [0.2, 0.25) is 27.8 Å². The van der Waals surface area contributed by atoms with Gasteiger partial charge in [-0.25, -0.2) is 12.8 Å². The van der Waals surface area contributed by atoms with Gasteiger partial charge in [-0.1, -0.05) is 18.2 Å². The van der Waals surface area contributed by atoms with Crippen LogP contribution in [0.3, 0.4) is 0 Å². The zero-order valence-corrected chi connectivity index (χ0v) is 36.5. The summed E-state index contributed by atoms with van der Waals surface area (Å²) < 4.78 is 48.5. The van der Waals surface area contributed by atoms with E-state index in [-0.39, 0.29) is 35.7 Å². The molecule has 1 unspecified atom stereocenters. The van der Waals surface area contributed by atoms with E-state index in [0.29, 0.717) is 90.6 Å². The third-order valence-electron chi connectivity index (χ3n) is 13.0. The Kier molecular flexibility index (Phi) is 11.1. The lowest BCUT2D eigenvalue weighted by atomic mass is 10.0. The number of carbonyl (C=O) groups excluding carboxylic acids is 4. The Morgan fingerprint density at radius 2 is 1.66 bits per heavy atom. The van der Waals surface area contributed by atoms with E-state index in [1.165, 1.54) is 16.6 Å². The van der Waals surface area contributed by atoms with Crippen molar-refractivity contribution >= 4 is 79.2 Å². The fraction of sp³-hybridized carbons (Fsp3) is 0.378. The Balaban J connectivity index is 0.710. The number of ether oxygens (including phenoxy) is 1. The standard InChI is InChI=1S/C45H48FN11O7S/c1-65(62,63)56-19-13-27-4-2-6-33(39(27)56)49-41-31-12-16-47-40(31)51-45(52-41)48-28-8-9-34(32(46)26-28)55-17-14-29(15-18-55)54-22-20-53(21-23-54)24-25-64-36-7-3-5-30-38(36)44(61)57(43(30)60)35-10-11-37(58)50-42(35)59/h2-9,12,16,26,29,35H,10-11,13-15,17-25H2,1H3,(H,50,58,59)(H3,47,48,49,51,52). The average molecular weight is 906 g/mol. The van der Waals surface area contributed by atoms with Crippen molar-refractivity contribution in [2.45, 2.75) is 44.2 Å². The maximum absolute atomic E-state index is 15.8. The molecule has 5 aliphatic rings. The van der Waals surface area contributed by atoms with Crippen LogP contribution in [0.1, 0.15) is 52.0 Å². The Labute approximate surface area is 374 Å². The van der Waals surface area contributed by atoms with Crippen LogP contribution in [-0.2, 0) is 26.0 Å². The van der Waals surface area contributed by atoms with Crippen LogP contribution >= 0.6 is 0 Å². The molecular weight excluding hydrogens is 858 g/mol. The van der Waals surface area contributed by atoms with Gasteiger partial charge in [-0.2, -0.15) is 9.97 Å². The molecule has 1 atom stereocenters. The van der Waals surface area contributed by atoms with Gasteiger partial charge >= 0.3 is 0 Å². The number of anilines is 6. The van der Waals surface area contributed by atoms with Crippen molar-refractivity contribution in [3.8, 4) is 5.75 Å². The summed E-state index contributed by atoms with van der Waals surface area (Å²) in [5.41, 5.74) is 4.05. The van der Waals surface area contributed by atoms with Crippen molar-refractivity contribution in [3.05, 3.63) is 89.4 Å². The number of aromatic amines is 1. The van der Waals surface area contributed by atoms with Crippen LogP contribution in [0.25, 0.3) is 11.0 Å². The lowest BCUT2D eigenvalue weighted by Gasteiger charge is -2.43. The van der Waals surface area contributed by atoms with Gasteiger partial charge in [0.15, 0.2) is 0 Å². The highest BCUT2D eigenvalue weighted by Gasteiger charge is 2.46. The molecule has 0 radical (unpaired) electrons. The molecule has 5 aromatic rings. The Hall–Kier alpha value is -6.64. The number of hydrogen-bond acceptors (Lipinski definition) is 14. The molecule has 0 saturated carbocycles. The Morgan fingerprint density at radius 1 is 0.862 bits per heavy atom. The summed E-state index contributed by atoms with van der Waals surface area (Å²) in [7, 11) is -3.49. The predicted molar refractivity (Wildman–Crippen MR) is 241 cm³/mol. The molecule has 0 aliphatic carbocycles. The smallest absolute Gasteiger partial charge is 0.266 e. The zero-order valence-electron chi connectivity index (χ0n) is 35.7. The molecule has 10 rings (SSSR count). The van der Waals surface area contributed by atoms with Crippen LogP contribution < -0.4 is 29.9 Å². The second-order valence-electron chi connectivity index (χ2n) is 17.0. The van der Waals surface area contributed by atoms with Crippen LogP contribution in [0.4, 0.5) is 38.9 Å². The summed E-state index contributed by atoms with van der Waals surface area (Å²) in [5.74, 6) is -1.58. The van der Waals surface area contributed by atoms with E-state index in [1.807, 2.05) is 30.3 Å². The normalized spacial score (nSPS) is 19.8. The van der Waals surface area contributed by atoms with Crippen LogP contribution in [0.2, 0.25) is 0 Å². The van der Waals surface area contributed by atoms with Gasteiger partial charge in [0.05, 0.1) is 39.8 Å². The number of para-hydroxylation sites is 1. The lowest BCUT2D eigenvalue weighted by molar-refractivity contribution is -0.136. The maximum atomic E-state index is 15.8. The average Bonchev–Trinajstić information content (AvgIpc) is 4.02. The first-order valence-corrected chi connectivity index (χ1v) is 23.7. The molecule has 65 heavy (non-hydrogen) atoms. The molecule has 4 amide bonds. The number of piperazine rings is 1. The number of aromatic nitrogens is 3. The number of nitrogens with zero attached hydrogens (tertiary/aromatic N) is 7. The molecular formula is C45H48FN11O7S. The van der Waals surface area contributed by atoms with Crippen molar-refractivity contribution in [1.29, 1.82) is 0 Å². The third-order valence-corrected chi connectivity index (χ3v) is 14.2. The molecule has 0 spiro atoms. The molecule has 4 N–H and O–H groups in total. The topological polar surface area (TPSA) is 206 Å². The first-order chi connectivity index (χ1) is 31.4. The van der Waals surface area contributed by atoms with Crippen molar-refractivity contribution in [3.63, 3.8) is 0 Å². The summed E-state index contributed by atoms with van der Waals surface area (Å²) in [6.45, 7) is 6.19. The second-order valence-corrected chi connectivity index (χ2v) is 18.9. The quantitative estimate of drug-likeness (QED) is 0.131. The van der Waals surface area contributed by atoms with E-state index < -0.39 is 39.7 Å². The van der Waals surface area contributed by atoms with Gasteiger partial charge in [-0.05, 0) is 73.7 Å². The largest absolute Gasteiger partial charge is 0.491 e. The van der Waals surface area contributed by atoms with Gasteiger partial charge in [0.1, 0.15) is 35.7 Å². The van der Waals surface area contributed by atoms with Gasteiger partial charge in [0.25, 0.3) is 11.8 Å². The Bertz CT molecular complexity index is 2840. The number of carbonyl (C=O) groups is 4. The minimum Gasteiger partial charge on any atom is -0.491 e. The van der Waals surface area contributed by atoms with E-state index in [2.05, 4.69) is 40.6 Å². The number of imide groups is 2. The van der Waals surface area contributed by atoms with Gasteiger partial charge < -0.3 is 25.3 Å². The number of hydrogen-bond donors (Lipinski definition) is 4. The van der Waals surface area contributed by atoms with Crippen LogP contribution in [-0.4, -0.2) is 139 Å². The fourth-order valence-electron chi connectivity index (χ4n) is 9.76. The number of piperidine rings is 2. The Morgan fingerprint density at radius 3 is 2.43 bits per heavy atom. The third kappa shape index (κ3) is 8.21. The molecule has 5 aliphatic heterocycles. The summed E-state index contributed by atoms with van der Waals surface area (Å²) >= 11 is 0. The van der Waals surface area contributed by atoms with Crippen LogP contribution in [0, 0.1) is 5.82 Å². The summed E-state index contributed by atoms with van der Waals surface area (Å²) in [5, 5.41) is 9.43. The zero-order chi connectivity index (χ0) is 45.0. The maximum Gasteiger partial charge on any atom is 0.266 e. The first-order valence-electron chi connectivity index (χ1n) is 21.9. The van der Waals surface area contributed by atoms with Crippen molar-refractivity contribution in [1.82, 2.24) is 35.0 Å². The van der Waals surface area contributed by atoms with Gasteiger partial charge in [-0.15, -0.1) is 0 Å². The lowest BCUT2D eigenvalue weighted by Crippen LogP contribution is -2.54. The van der Waals surface area contributed by atoms with Gasteiger partial charge in [0, 0.05) is 76.7 Å². The van der Waals surface area contributed by atoms with E-state index in [1.54, 1.807) is 30.5 Å². The van der Waals surface area contributed by atoms with Crippen LogP contribution in [0.15, 0.2) is 66.9 Å².